The van der Waals surface area contributed by atoms with E-state index < -0.39 is 6.10 Å². The molecule has 0 spiro atoms. The number of carbonyl (C=O) groups is 1. The molecule has 0 heterocycles. The number of hydrogen-bond acceptors (Lipinski definition) is 4. The number of rotatable bonds is 8. The average molecular weight is 363 g/mol. The monoisotopic (exact) mass is 363 g/mol. The number of nitrogens with one attached hydrogen (secondary N) is 1. The smallest absolute Gasteiger partial charge is 0.168 e. The van der Waals surface area contributed by atoms with Crippen LogP contribution in [0.15, 0.2) is 66.7 Å². The third kappa shape index (κ3) is 4.35. The Labute approximate surface area is 159 Å². The predicted molar refractivity (Wildman–Crippen MR) is 108 cm³/mol. The summed E-state index contributed by atoms with van der Waals surface area (Å²) in [4.78, 5) is 12.9. The molecule has 4 nitrogen and oxygen atoms in total. The molecule has 3 aromatic carbocycles. The van der Waals surface area contributed by atoms with Gasteiger partial charge in [-0.15, -0.1) is 0 Å². The lowest BCUT2D eigenvalue weighted by atomic mass is 9.98. The van der Waals surface area contributed by atoms with Gasteiger partial charge in [0.15, 0.2) is 5.78 Å². The van der Waals surface area contributed by atoms with Crippen LogP contribution in [0.25, 0.3) is 10.8 Å². The minimum absolute atomic E-state index is 0.0255. The summed E-state index contributed by atoms with van der Waals surface area (Å²) in [6.07, 6.45) is -0.288. The first-order valence-electron chi connectivity index (χ1n) is 9.17. The summed E-state index contributed by atoms with van der Waals surface area (Å²) in [5, 5.41) is 15.6. The van der Waals surface area contributed by atoms with Gasteiger partial charge in [-0.25, -0.2) is 0 Å². The topological polar surface area (TPSA) is 58.6 Å². The molecule has 0 bridgehead atoms. The fourth-order valence-corrected chi connectivity index (χ4v) is 3.30. The molecular formula is C23H25NO3. The zero-order valence-electron chi connectivity index (χ0n) is 15.7. The second-order valence-corrected chi connectivity index (χ2v) is 6.64. The van der Waals surface area contributed by atoms with Crippen molar-refractivity contribution in [1.82, 2.24) is 5.32 Å². The largest absolute Gasteiger partial charge is 0.496 e. The van der Waals surface area contributed by atoms with Crippen molar-refractivity contribution in [1.29, 1.82) is 0 Å². The van der Waals surface area contributed by atoms with E-state index in [-0.39, 0.29) is 11.8 Å². The molecule has 0 saturated carbocycles. The number of Topliss-reactive ketones (excluding diaryl/α,β-unsaturated/α-hetero) is 1. The molecule has 0 aliphatic carbocycles. The number of benzene rings is 3. The molecule has 0 aliphatic rings. The summed E-state index contributed by atoms with van der Waals surface area (Å²) in [7, 11) is 1.58. The van der Waals surface area contributed by atoms with Crippen LogP contribution >= 0.6 is 0 Å². The van der Waals surface area contributed by atoms with E-state index in [1.807, 2.05) is 73.7 Å². The van der Waals surface area contributed by atoms with Crippen molar-refractivity contribution < 1.29 is 14.6 Å². The van der Waals surface area contributed by atoms with Crippen LogP contribution in [-0.4, -0.2) is 30.6 Å². The lowest BCUT2D eigenvalue weighted by Gasteiger charge is -2.20. The van der Waals surface area contributed by atoms with Crippen molar-refractivity contribution in [3.05, 3.63) is 77.9 Å². The average Bonchev–Trinajstić information content (AvgIpc) is 2.72. The van der Waals surface area contributed by atoms with Crippen LogP contribution in [0.5, 0.6) is 5.75 Å². The molecule has 2 atom stereocenters. The van der Waals surface area contributed by atoms with Crippen molar-refractivity contribution in [2.75, 3.05) is 13.7 Å². The van der Waals surface area contributed by atoms with Gasteiger partial charge in [0, 0.05) is 19.0 Å². The van der Waals surface area contributed by atoms with Crippen LogP contribution in [0.2, 0.25) is 0 Å². The van der Waals surface area contributed by atoms with Gasteiger partial charge in [-0.1, -0.05) is 60.7 Å². The number of fused-ring (bicyclic) bond motifs is 1. The maximum absolute atomic E-state index is 12.9. The molecule has 0 fully saturated rings. The Morgan fingerprint density at radius 3 is 2.48 bits per heavy atom. The van der Waals surface area contributed by atoms with Crippen LogP contribution in [-0.2, 0) is 0 Å². The van der Waals surface area contributed by atoms with Gasteiger partial charge in [-0.3, -0.25) is 4.79 Å². The highest BCUT2D eigenvalue weighted by Crippen LogP contribution is 2.29. The Morgan fingerprint density at radius 2 is 1.74 bits per heavy atom. The number of ether oxygens (including phenoxy) is 1. The molecular weight excluding hydrogens is 338 g/mol. The molecule has 0 aromatic heterocycles. The summed E-state index contributed by atoms with van der Waals surface area (Å²) in [5.41, 5.74) is 1.48. The van der Waals surface area contributed by atoms with Crippen molar-refractivity contribution in [2.24, 2.45) is 0 Å². The SMILES string of the molecule is COc1ccc2ccccc2c1C(=O)CCNC(C)C(O)c1ccccc1. The summed E-state index contributed by atoms with van der Waals surface area (Å²) in [5.74, 6) is 0.619. The van der Waals surface area contributed by atoms with E-state index in [0.29, 0.717) is 24.3 Å². The number of methoxy groups -OCH3 is 1. The Morgan fingerprint density at radius 1 is 1.04 bits per heavy atom. The highest BCUT2D eigenvalue weighted by Gasteiger charge is 2.18. The van der Waals surface area contributed by atoms with Gasteiger partial charge in [-0.05, 0) is 29.3 Å². The fourth-order valence-electron chi connectivity index (χ4n) is 3.30. The minimum Gasteiger partial charge on any atom is -0.496 e. The highest BCUT2D eigenvalue weighted by atomic mass is 16.5. The molecule has 0 radical (unpaired) electrons. The lowest BCUT2D eigenvalue weighted by molar-refractivity contribution is 0.0971. The number of hydrogen-bond donors (Lipinski definition) is 2. The number of aliphatic hydroxyl groups excluding tert-OH is 1. The molecule has 3 aromatic rings. The number of carbonyl (C=O) groups excluding carboxylic acids is 1. The normalized spacial score (nSPS) is 13.3. The Balaban J connectivity index is 1.67. The molecule has 2 unspecified atom stereocenters. The minimum atomic E-state index is -0.617. The van der Waals surface area contributed by atoms with E-state index in [1.165, 1.54) is 0 Å². The standard InChI is InChI=1S/C23H25NO3/c1-16(23(26)18-9-4-3-5-10-18)24-15-14-20(25)22-19-11-7-6-8-17(19)12-13-21(22)27-2/h3-13,16,23-24,26H,14-15H2,1-2H3. The Kier molecular flexibility index (Phi) is 6.22. The van der Waals surface area contributed by atoms with Gasteiger partial charge in [0.05, 0.1) is 18.8 Å². The predicted octanol–water partition coefficient (Wildman–Crippen LogP) is 4.13. The summed E-state index contributed by atoms with van der Waals surface area (Å²) in [6.45, 7) is 2.40. The second kappa shape index (κ2) is 8.80. The van der Waals surface area contributed by atoms with Crippen molar-refractivity contribution >= 4 is 16.6 Å². The summed E-state index contributed by atoms with van der Waals surface area (Å²) < 4.78 is 5.42. The quantitative estimate of drug-likeness (QED) is 0.591. The molecule has 0 saturated heterocycles. The van der Waals surface area contributed by atoms with Gasteiger partial charge in [0.1, 0.15) is 5.75 Å². The van der Waals surface area contributed by atoms with Crippen LogP contribution in [0, 0.1) is 0 Å². The molecule has 0 aliphatic heterocycles. The zero-order chi connectivity index (χ0) is 19.2. The first-order valence-corrected chi connectivity index (χ1v) is 9.17. The zero-order valence-corrected chi connectivity index (χ0v) is 15.7. The van der Waals surface area contributed by atoms with E-state index in [0.717, 1.165) is 16.3 Å². The Bertz CT molecular complexity index is 908. The van der Waals surface area contributed by atoms with Crippen molar-refractivity contribution in [3.63, 3.8) is 0 Å². The van der Waals surface area contributed by atoms with Crippen LogP contribution in [0.3, 0.4) is 0 Å². The van der Waals surface area contributed by atoms with E-state index in [9.17, 15) is 9.90 Å². The van der Waals surface area contributed by atoms with Gasteiger partial charge >= 0.3 is 0 Å². The molecule has 2 N–H and O–H groups in total. The van der Waals surface area contributed by atoms with Gasteiger partial charge in [0.25, 0.3) is 0 Å². The van der Waals surface area contributed by atoms with E-state index in [1.54, 1.807) is 7.11 Å². The molecule has 140 valence electrons. The maximum Gasteiger partial charge on any atom is 0.168 e. The van der Waals surface area contributed by atoms with Crippen LogP contribution in [0.1, 0.15) is 35.4 Å². The van der Waals surface area contributed by atoms with Gasteiger partial charge in [0.2, 0.25) is 0 Å². The Hall–Kier alpha value is -2.69. The first-order chi connectivity index (χ1) is 13.1. The lowest BCUT2D eigenvalue weighted by Crippen LogP contribution is -2.33. The van der Waals surface area contributed by atoms with Crippen molar-refractivity contribution in [3.8, 4) is 5.75 Å². The third-order valence-electron chi connectivity index (χ3n) is 4.82. The van der Waals surface area contributed by atoms with Gasteiger partial charge < -0.3 is 15.2 Å². The summed E-state index contributed by atoms with van der Waals surface area (Å²) in [6, 6.07) is 21.0. The van der Waals surface area contributed by atoms with E-state index in [2.05, 4.69) is 5.32 Å². The molecule has 0 amide bonds. The second-order valence-electron chi connectivity index (χ2n) is 6.64. The van der Waals surface area contributed by atoms with E-state index in [4.69, 9.17) is 4.74 Å². The first kappa shape index (κ1) is 19.1. The maximum atomic E-state index is 12.9. The third-order valence-corrected chi connectivity index (χ3v) is 4.82. The van der Waals surface area contributed by atoms with Gasteiger partial charge in [-0.2, -0.15) is 0 Å². The number of ketones is 1. The number of aliphatic hydroxyl groups is 1. The van der Waals surface area contributed by atoms with Crippen molar-refractivity contribution in [2.45, 2.75) is 25.5 Å². The summed E-state index contributed by atoms with van der Waals surface area (Å²) >= 11 is 0. The molecule has 27 heavy (non-hydrogen) atoms. The van der Waals surface area contributed by atoms with Crippen LogP contribution < -0.4 is 10.1 Å². The molecule has 4 heteroatoms. The molecule has 3 rings (SSSR count). The van der Waals surface area contributed by atoms with Crippen LogP contribution in [0.4, 0.5) is 0 Å². The highest BCUT2D eigenvalue weighted by molar-refractivity contribution is 6.10. The fraction of sp³-hybridized carbons (Fsp3) is 0.261. The van der Waals surface area contributed by atoms with E-state index >= 15 is 0 Å².